The lowest BCUT2D eigenvalue weighted by Gasteiger charge is -2.17. The van der Waals surface area contributed by atoms with Crippen molar-refractivity contribution < 1.29 is 13.9 Å². The van der Waals surface area contributed by atoms with Crippen molar-refractivity contribution in [3.8, 4) is 0 Å². The lowest BCUT2D eigenvalue weighted by atomic mass is 10.0. The maximum absolute atomic E-state index is 13.5. The summed E-state index contributed by atoms with van der Waals surface area (Å²) in [6.45, 7) is 1.54. The summed E-state index contributed by atoms with van der Waals surface area (Å²) in [7, 11) is 0. The first-order valence-electron chi connectivity index (χ1n) is 5.36. The average Bonchev–Trinajstić information content (AvgIpc) is 2.28. The number of hydrogen-bond acceptors (Lipinski definition) is 2. The molecule has 3 N–H and O–H groups in total. The molecule has 16 heavy (non-hydrogen) atoms. The standard InChI is InChI=1S/C12H17F2NO/c1-2-7-12(13,14)10-5-3-9(4-6-10)11(15)8-16/h3-6,11,16H,2,7-8,15H2,1H3. The highest BCUT2D eigenvalue weighted by molar-refractivity contribution is 5.27. The Morgan fingerprint density at radius 2 is 1.88 bits per heavy atom. The van der Waals surface area contributed by atoms with Gasteiger partial charge in [0.2, 0.25) is 0 Å². The molecule has 0 aromatic heterocycles. The summed E-state index contributed by atoms with van der Waals surface area (Å²) in [5.41, 5.74) is 6.24. The minimum Gasteiger partial charge on any atom is -0.394 e. The SMILES string of the molecule is CCCC(F)(F)c1ccc(C(N)CO)cc1. The van der Waals surface area contributed by atoms with E-state index in [2.05, 4.69) is 0 Å². The van der Waals surface area contributed by atoms with Crippen LogP contribution in [0.1, 0.15) is 36.9 Å². The van der Waals surface area contributed by atoms with Gasteiger partial charge in [-0.15, -0.1) is 0 Å². The number of hydrogen-bond donors (Lipinski definition) is 2. The van der Waals surface area contributed by atoms with Gasteiger partial charge in [0.25, 0.3) is 5.92 Å². The summed E-state index contributed by atoms with van der Waals surface area (Å²) < 4.78 is 27.0. The Labute approximate surface area is 94.1 Å². The van der Waals surface area contributed by atoms with Crippen molar-refractivity contribution in [2.45, 2.75) is 31.7 Å². The van der Waals surface area contributed by atoms with Gasteiger partial charge in [0.15, 0.2) is 0 Å². The van der Waals surface area contributed by atoms with Crippen molar-refractivity contribution in [1.82, 2.24) is 0 Å². The van der Waals surface area contributed by atoms with E-state index in [-0.39, 0.29) is 18.6 Å². The zero-order chi connectivity index (χ0) is 12.2. The highest BCUT2D eigenvalue weighted by atomic mass is 19.3. The third kappa shape index (κ3) is 3.00. The Morgan fingerprint density at radius 3 is 2.31 bits per heavy atom. The van der Waals surface area contributed by atoms with Crippen LogP contribution >= 0.6 is 0 Å². The molecule has 2 nitrogen and oxygen atoms in total. The smallest absolute Gasteiger partial charge is 0.273 e. The van der Waals surface area contributed by atoms with Crippen molar-refractivity contribution in [2.75, 3.05) is 6.61 Å². The van der Waals surface area contributed by atoms with E-state index in [0.29, 0.717) is 12.0 Å². The van der Waals surface area contributed by atoms with Crippen LogP contribution < -0.4 is 5.73 Å². The third-order valence-electron chi connectivity index (χ3n) is 2.52. The molecule has 0 amide bonds. The predicted molar refractivity (Wildman–Crippen MR) is 59.3 cm³/mol. The van der Waals surface area contributed by atoms with Gasteiger partial charge in [-0.3, -0.25) is 0 Å². The highest BCUT2D eigenvalue weighted by Crippen LogP contribution is 2.33. The molecule has 0 bridgehead atoms. The van der Waals surface area contributed by atoms with Crippen LogP contribution in [0.5, 0.6) is 0 Å². The summed E-state index contributed by atoms with van der Waals surface area (Å²) in [6.07, 6.45) is 0.281. The minimum atomic E-state index is -2.78. The molecule has 0 saturated heterocycles. The second-order valence-corrected chi connectivity index (χ2v) is 3.87. The number of rotatable bonds is 5. The van der Waals surface area contributed by atoms with Crippen LogP contribution in [0, 0.1) is 0 Å². The number of aliphatic hydroxyl groups is 1. The van der Waals surface area contributed by atoms with E-state index in [1.54, 1.807) is 19.1 Å². The molecule has 0 aliphatic carbocycles. The van der Waals surface area contributed by atoms with Gasteiger partial charge in [0.1, 0.15) is 0 Å². The minimum absolute atomic E-state index is 0.00300. The Morgan fingerprint density at radius 1 is 1.31 bits per heavy atom. The third-order valence-corrected chi connectivity index (χ3v) is 2.52. The molecule has 90 valence electrons. The van der Waals surface area contributed by atoms with Crippen molar-refractivity contribution in [3.63, 3.8) is 0 Å². The van der Waals surface area contributed by atoms with Gasteiger partial charge in [-0.2, -0.15) is 0 Å². The second kappa shape index (κ2) is 5.37. The van der Waals surface area contributed by atoms with E-state index in [1.165, 1.54) is 12.1 Å². The summed E-state index contributed by atoms with van der Waals surface area (Å²) in [5.74, 6) is -2.78. The summed E-state index contributed by atoms with van der Waals surface area (Å²) in [4.78, 5) is 0. The normalized spacial score (nSPS) is 13.8. The molecule has 0 heterocycles. The number of benzene rings is 1. The zero-order valence-electron chi connectivity index (χ0n) is 9.29. The second-order valence-electron chi connectivity index (χ2n) is 3.87. The fraction of sp³-hybridized carbons (Fsp3) is 0.500. The van der Waals surface area contributed by atoms with Crippen LogP contribution in [0.2, 0.25) is 0 Å². The van der Waals surface area contributed by atoms with Gasteiger partial charge < -0.3 is 10.8 Å². The van der Waals surface area contributed by atoms with Crippen molar-refractivity contribution in [2.24, 2.45) is 5.73 Å². The summed E-state index contributed by atoms with van der Waals surface area (Å²) >= 11 is 0. The summed E-state index contributed by atoms with van der Waals surface area (Å²) in [5, 5.41) is 8.83. The maximum Gasteiger partial charge on any atom is 0.273 e. The Bertz CT molecular complexity index is 324. The molecule has 1 aromatic rings. The number of aliphatic hydroxyl groups excluding tert-OH is 1. The molecule has 0 radical (unpaired) electrons. The van der Waals surface area contributed by atoms with Gasteiger partial charge in [0, 0.05) is 12.0 Å². The molecule has 0 fully saturated rings. The van der Waals surface area contributed by atoms with Crippen LogP contribution in [0.25, 0.3) is 0 Å². The van der Waals surface area contributed by atoms with E-state index in [4.69, 9.17) is 10.8 Å². The Balaban J connectivity index is 2.86. The van der Waals surface area contributed by atoms with Gasteiger partial charge in [-0.25, -0.2) is 8.78 Å². The van der Waals surface area contributed by atoms with Crippen LogP contribution in [0.15, 0.2) is 24.3 Å². The molecule has 0 aliphatic heterocycles. The lowest BCUT2D eigenvalue weighted by Crippen LogP contribution is -2.16. The molecule has 0 saturated carbocycles. The molecular formula is C12H17F2NO. The summed E-state index contributed by atoms with van der Waals surface area (Å²) in [6, 6.07) is 5.33. The van der Waals surface area contributed by atoms with Crippen molar-refractivity contribution in [1.29, 1.82) is 0 Å². The Hall–Kier alpha value is -1.00. The van der Waals surface area contributed by atoms with Crippen LogP contribution in [-0.2, 0) is 5.92 Å². The van der Waals surface area contributed by atoms with E-state index in [1.807, 2.05) is 0 Å². The average molecular weight is 229 g/mol. The molecular weight excluding hydrogens is 212 g/mol. The lowest BCUT2D eigenvalue weighted by molar-refractivity contribution is -0.0140. The highest BCUT2D eigenvalue weighted by Gasteiger charge is 2.29. The van der Waals surface area contributed by atoms with E-state index in [0.717, 1.165) is 0 Å². The van der Waals surface area contributed by atoms with Gasteiger partial charge in [0.05, 0.1) is 12.6 Å². The number of alkyl halides is 2. The van der Waals surface area contributed by atoms with Gasteiger partial charge >= 0.3 is 0 Å². The number of nitrogens with two attached hydrogens (primary N) is 1. The largest absolute Gasteiger partial charge is 0.394 e. The van der Waals surface area contributed by atoms with Crippen LogP contribution in [-0.4, -0.2) is 11.7 Å². The first kappa shape index (κ1) is 13.1. The molecule has 1 unspecified atom stereocenters. The first-order chi connectivity index (χ1) is 7.51. The molecule has 1 aromatic carbocycles. The molecule has 1 rings (SSSR count). The van der Waals surface area contributed by atoms with Crippen LogP contribution in [0.3, 0.4) is 0 Å². The topological polar surface area (TPSA) is 46.2 Å². The van der Waals surface area contributed by atoms with Crippen molar-refractivity contribution >= 4 is 0 Å². The molecule has 4 heteroatoms. The fourth-order valence-corrected chi connectivity index (χ4v) is 1.54. The van der Waals surface area contributed by atoms with Gasteiger partial charge in [-0.05, 0) is 5.56 Å². The molecule has 0 aliphatic rings. The quantitative estimate of drug-likeness (QED) is 0.815. The maximum atomic E-state index is 13.5. The predicted octanol–water partition coefficient (Wildman–Crippen LogP) is 2.57. The zero-order valence-corrected chi connectivity index (χ0v) is 9.29. The van der Waals surface area contributed by atoms with E-state index < -0.39 is 12.0 Å². The van der Waals surface area contributed by atoms with E-state index in [9.17, 15) is 8.78 Å². The first-order valence-corrected chi connectivity index (χ1v) is 5.36. The van der Waals surface area contributed by atoms with Crippen molar-refractivity contribution in [3.05, 3.63) is 35.4 Å². The Kier molecular flexibility index (Phi) is 4.38. The van der Waals surface area contributed by atoms with Gasteiger partial charge in [-0.1, -0.05) is 37.6 Å². The number of halogens is 2. The fourth-order valence-electron chi connectivity index (χ4n) is 1.54. The van der Waals surface area contributed by atoms with E-state index >= 15 is 0 Å². The monoisotopic (exact) mass is 229 g/mol. The molecule has 0 spiro atoms. The molecule has 1 atom stereocenters. The van der Waals surface area contributed by atoms with Crippen LogP contribution in [0.4, 0.5) is 8.78 Å².